The maximum atomic E-state index is 13.3. The molecule has 0 radical (unpaired) electrons. The zero-order valence-corrected chi connectivity index (χ0v) is 16.7. The summed E-state index contributed by atoms with van der Waals surface area (Å²) in [7, 11) is 2.46. The largest absolute Gasteiger partial charge is 0.465 e. The van der Waals surface area contributed by atoms with Crippen molar-refractivity contribution in [2.75, 3.05) is 14.2 Å². The molecule has 0 bridgehead atoms. The van der Waals surface area contributed by atoms with Gasteiger partial charge in [-0.05, 0) is 38.1 Å². The van der Waals surface area contributed by atoms with E-state index in [0.717, 1.165) is 0 Å². The minimum Gasteiger partial charge on any atom is -0.465 e. The van der Waals surface area contributed by atoms with Gasteiger partial charge in [-0.25, -0.2) is 14.6 Å². The van der Waals surface area contributed by atoms with Crippen LogP contribution < -0.4 is 5.56 Å². The van der Waals surface area contributed by atoms with Crippen molar-refractivity contribution in [2.45, 2.75) is 13.8 Å². The standard InChI is InChI=1S/C20H17N5O5/c1-10-16-15(25-20(21-10)22-11(2)23-25)5-6-24(17(16)26)14-8-12(18(27)29-3)7-13(9-14)19(28)30-4/h5-9H,1-4H3. The van der Waals surface area contributed by atoms with Crippen molar-refractivity contribution in [3.05, 3.63) is 63.5 Å². The van der Waals surface area contributed by atoms with E-state index < -0.39 is 11.9 Å². The predicted octanol–water partition coefficient (Wildman–Crippen LogP) is 1.62. The van der Waals surface area contributed by atoms with E-state index in [1.807, 2.05) is 0 Å². The molecule has 4 aromatic rings. The molecule has 10 heteroatoms. The Balaban J connectivity index is 2.02. The third-order valence-corrected chi connectivity index (χ3v) is 4.66. The molecule has 0 amide bonds. The number of rotatable bonds is 3. The van der Waals surface area contributed by atoms with E-state index in [0.29, 0.717) is 33.9 Å². The molecule has 0 saturated carbocycles. The maximum absolute atomic E-state index is 13.3. The van der Waals surface area contributed by atoms with Gasteiger partial charge >= 0.3 is 11.9 Å². The second-order valence-corrected chi connectivity index (χ2v) is 6.57. The van der Waals surface area contributed by atoms with Crippen molar-refractivity contribution < 1.29 is 19.1 Å². The molecule has 3 heterocycles. The van der Waals surface area contributed by atoms with Crippen molar-refractivity contribution in [1.29, 1.82) is 0 Å². The third kappa shape index (κ3) is 2.98. The fraction of sp³-hybridized carbons (Fsp3) is 0.200. The number of ether oxygens (including phenoxy) is 2. The number of carbonyl (C=O) groups is 2. The van der Waals surface area contributed by atoms with Crippen LogP contribution in [0.5, 0.6) is 0 Å². The minimum atomic E-state index is -0.645. The van der Waals surface area contributed by atoms with Crippen LogP contribution in [-0.4, -0.2) is 50.3 Å². The van der Waals surface area contributed by atoms with Gasteiger partial charge in [-0.2, -0.15) is 9.50 Å². The van der Waals surface area contributed by atoms with Crippen LogP contribution >= 0.6 is 0 Å². The molecule has 3 aromatic heterocycles. The first kappa shape index (κ1) is 19.2. The second kappa shape index (κ2) is 7.07. The summed E-state index contributed by atoms with van der Waals surface area (Å²) >= 11 is 0. The van der Waals surface area contributed by atoms with E-state index >= 15 is 0 Å². The molecule has 0 atom stereocenters. The highest BCUT2D eigenvalue weighted by molar-refractivity contribution is 5.96. The average molecular weight is 407 g/mol. The van der Waals surface area contributed by atoms with Crippen LogP contribution in [0.3, 0.4) is 0 Å². The average Bonchev–Trinajstić information content (AvgIpc) is 3.12. The van der Waals surface area contributed by atoms with Gasteiger partial charge in [-0.15, -0.1) is 5.10 Å². The second-order valence-electron chi connectivity index (χ2n) is 6.57. The zero-order valence-electron chi connectivity index (χ0n) is 16.7. The molecule has 0 saturated heterocycles. The Bertz CT molecular complexity index is 1370. The molecule has 0 aliphatic rings. The Morgan fingerprint density at radius 1 is 0.967 bits per heavy atom. The lowest BCUT2D eigenvalue weighted by molar-refractivity contribution is 0.0599. The molecular weight excluding hydrogens is 390 g/mol. The maximum Gasteiger partial charge on any atom is 0.337 e. The Morgan fingerprint density at radius 2 is 1.60 bits per heavy atom. The Morgan fingerprint density at radius 3 is 2.20 bits per heavy atom. The monoisotopic (exact) mass is 407 g/mol. The predicted molar refractivity (Wildman–Crippen MR) is 106 cm³/mol. The van der Waals surface area contributed by atoms with Gasteiger partial charge < -0.3 is 9.47 Å². The van der Waals surface area contributed by atoms with Gasteiger partial charge in [0.15, 0.2) is 0 Å². The van der Waals surface area contributed by atoms with E-state index in [4.69, 9.17) is 9.47 Å². The van der Waals surface area contributed by atoms with Crippen molar-refractivity contribution in [3.8, 4) is 5.69 Å². The molecule has 0 unspecified atom stereocenters. The van der Waals surface area contributed by atoms with Gasteiger partial charge in [0, 0.05) is 6.20 Å². The number of methoxy groups -OCH3 is 2. The first-order valence-electron chi connectivity index (χ1n) is 8.91. The van der Waals surface area contributed by atoms with Gasteiger partial charge in [0.2, 0.25) is 0 Å². The van der Waals surface area contributed by atoms with Crippen LogP contribution in [0.4, 0.5) is 0 Å². The van der Waals surface area contributed by atoms with E-state index in [9.17, 15) is 14.4 Å². The topological polar surface area (TPSA) is 118 Å². The van der Waals surface area contributed by atoms with Gasteiger partial charge in [-0.3, -0.25) is 9.36 Å². The molecular formula is C20H17N5O5. The highest BCUT2D eigenvalue weighted by Gasteiger charge is 2.18. The normalized spacial score (nSPS) is 11.1. The van der Waals surface area contributed by atoms with Crippen molar-refractivity contribution >= 4 is 28.6 Å². The summed E-state index contributed by atoms with van der Waals surface area (Å²) < 4.78 is 12.4. The summed E-state index contributed by atoms with van der Waals surface area (Å²) in [5.74, 6) is -0.357. The SMILES string of the molecule is COC(=O)c1cc(C(=O)OC)cc(-n2ccc3c(c(C)nc4nc(C)nn43)c2=O)c1. The fourth-order valence-corrected chi connectivity index (χ4v) is 3.31. The van der Waals surface area contributed by atoms with Crippen LogP contribution in [-0.2, 0) is 9.47 Å². The Labute approximate surface area is 169 Å². The highest BCUT2D eigenvalue weighted by Crippen LogP contribution is 2.19. The molecule has 152 valence electrons. The van der Waals surface area contributed by atoms with Gasteiger partial charge in [0.25, 0.3) is 11.3 Å². The van der Waals surface area contributed by atoms with Crippen molar-refractivity contribution in [2.24, 2.45) is 0 Å². The number of aromatic nitrogens is 5. The number of carbonyl (C=O) groups excluding carboxylic acids is 2. The number of fused-ring (bicyclic) bond motifs is 3. The van der Waals surface area contributed by atoms with Crippen molar-refractivity contribution in [1.82, 2.24) is 24.1 Å². The van der Waals surface area contributed by atoms with Crippen LogP contribution in [0.2, 0.25) is 0 Å². The molecule has 0 spiro atoms. The first-order chi connectivity index (χ1) is 14.3. The van der Waals surface area contributed by atoms with Crippen LogP contribution in [0.25, 0.3) is 22.4 Å². The summed E-state index contributed by atoms with van der Waals surface area (Å²) in [6, 6.07) is 5.98. The fourth-order valence-electron chi connectivity index (χ4n) is 3.31. The number of esters is 2. The number of pyridine rings is 1. The van der Waals surface area contributed by atoms with Crippen LogP contribution in [0.15, 0.2) is 35.3 Å². The number of nitrogens with zero attached hydrogens (tertiary/aromatic N) is 5. The van der Waals surface area contributed by atoms with E-state index in [2.05, 4.69) is 15.1 Å². The molecule has 0 aliphatic carbocycles. The van der Waals surface area contributed by atoms with Crippen molar-refractivity contribution in [3.63, 3.8) is 0 Å². The van der Waals surface area contributed by atoms with Gasteiger partial charge in [-0.1, -0.05) is 0 Å². The van der Waals surface area contributed by atoms with E-state index in [-0.39, 0.29) is 16.7 Å². The lowest BCUT2D eigenvalue weighted by atomic mass is 10.1. The molecule has 0 aliphatic heterocycles. The number of hydrogen-bond donors (Lipinski definition) is 0. The van der Waals surface area contributed by atoms with Gasteiger partial charge in [0.05, 0.1) is 47.6 Å². The summed E-state index contributed by atoms with van der Waals surface area (Å²) in [6.07, 6.45) is 1.54. The smallest absolute Gasteiger partial charge is 0.337 e. The minimum absolute atomic E-state index is 0.111. The lowest BCUT2D eigenvalue weighted by Gasteiger charge is -2.12. The Hall–Kier alpha value is -4.08. The number of aryl methyl sites for hydroxylation is 2. The highest BCUT2D eigenvalue weighted by atomic mass is 16.5. The van der Waals surface area contributed by atoms with E-state index in [1.165, 1.54) is 47.7 Å². The first-order valence-corrected chi connectivity index (χ1v) is 8.91. The summed E-state index contributed by atoms with van der Waals surface area (Å²) in [5.41, 5.74) is 1.18. The summed E-state index contributed by atoms with van der Waals surface area (Å²) in [5, 5.41) is 4.64. The van der Waals surface area contributed by atoms with E-state index in [1.54, 1.807) is 19.9 Å². The van der Waals surface area contributed by atoms with Gasteiger partial charge in [0.1, 0.15) is 5.82 Å². The third-order valence-electron chi connectivity index (χ3n) is 4.66. The molecule has 30 heavy (non-hydrogen) atoms. The molecule has 1 aromatic carbocycles. The molecule has 0 N–H and O–H groups in total. The zero-order chi connectivity index (χ0) is 21.6. The quantitative estimate of drug-likeness (QED) is 0.470. The molecule has 4 rings (SSSR count). The molecule has 0 fully saturated rings. The van der Waals surface area contributed by atoms with Crippen LogP contribution in [0.1, 0.15) is 32.2 Å². The summed E-state index contributed by atoms with van der Waals surface area (Å²) in [6.45, 7) is 3.45. The summed E-state index contributed by atoms with van der Waals surface area (Å²) in [4.78, 5) is 46.1. The molecule has 10 nitrogen and oxygen atoms in total. The van der Waals surface area contributed by atoms with Crippen LogP contribution in [0, 0.1) is 13.8 Å². The number of hydrogen-bond acceptors (Lipinski definition) is 8. The number of benzene rings is 1. The lowest BCUT2D eigenvalue weighted by Crippen LogP contribution is -2.21. The Kier molecular flexibility index (Phi) is 4.53.